The number of nitrogens with one attached hydrogen (secondary N) is 1. The lowest BCUT2D eigenvalue weighted by molar-refractivity contribution is 0.285. The van der Waals surface area contributed by atoms with Crippen LogP contribution >= 0.6 is 0 Å². The van der Waals surface area contributed by atoms with Crippen LogP contribution in [-0.4, -0.2) is 36.8 Å². The third-order valence-corrected chi connectivity index (χ3v) is 6.09. The Balaban J connectivity index is 1.60. The van der Waals surface area contributed by atoms with Crippen molar-refractivity contribution in [1.29, 1.82) is 0 Å². The van der Waals surface area contributed by atoms with Crippen LogP contribution in [0, 0.1) is 0 Å². The highest BCUT2D eigenvalue weighted by molar-refractivity contribution is 7.90. The molecule has 0 radical (unpaired) electrons. The van der Waals surface area contributed by atoms with Crippen molar-refractivity contribution in [2.24, 2.45) is 11.4 Å². The molecule has 24 heavy (non-hydrogen) atoms. The number of para-hydroxylation sites is 1. The van der Waals surface area contributed by atoms with E-state index < -0.39 is 10.0 Å². The standard InChI is InChI=1S/C17H20N4O2S/c1-20-10-4-7-14(20)15-8-5-11-21(15)12-17-18-13-6-2-3-9-16(13)24(22,23)19-17/h2-4,6-7,9-10,15H,5,8,11-12H2,1H3,(H,18,19)/t15-/m1/s1. The minimum atomic E-state index is -3.62. The number of sulfonamides is 1. The van der Waals surface area contributed by atoms with E-state index >= 15 is 0 Å². The molecule has 1 N–H and O–H groups in total. The number of aromatic nitrogens is 1. The van der Waals surface area contributed by atoms with Gasteiger partial charge >= 0.3 is 0 Å². The highest BCUT2D eigenvalue weighted by atomic mass is 32.2. The van der Waals surface area contributed by atoms with Crippen LogP contribution in [0.1, 0.15) is 24.6 Å². The normalized spacial score (nSPS) is 22.7. The van der Waals surface area contributed by atoms with Gasteiger partial charge in [0.15, 0.2) is 0 Å². The maximum atomic E-state index is 12.4. The molecule has 2 aliphatic heterocycles. The number of likely N-dealkylation sites (tertiary alicyclic amines) is 1. The number of hydrogen-bond donors (Lipinski definition) is 1. The minimum Gasteiger partial charge on any atom is -0.353 e. The molecule has 1 atom stereocenters. The molecule has 4 rings (SSSR count). The molecule has 0 unspecified atom stereocenters. The molecular formula is C17H20N4O2S. The first kappa shape index (κ1) is 15.4. The Hall–Kier alpha value is -2.12. The number of benzene rings is 1. The minimum absolute atomic E-state index is 0.245. The van der Waals surface area contributed by atoms with Gasteiger partial charge in [0, 0.05) is 18.9 Å². The molecule has 0 aliphatic carbocycles. The first-order chi connectivity index (χ1) is 11.5. The monoisotopic (exact) mass is 344 g/mol. The van der Waals surface area contributed by atoms with Gasteiger partial charge in [-0.1, -0.05) is 12.1 Å². The summed E-state index contributed by atoms with van der Waals surface area (Å²) in [6.45, 7) is 1.45. The number of anilines is 1. The summed E-state index contributed by atoms with van der Waals surface area (Å²) < 4.78 is 30.9. The third kappa shape index (κ3) is 2.63. The quantitative estimate of drug-likeness (QED) is 0.928. The zero-order valence-corrected chi connectivity index (χ0v) is 14.3. The summed E-state index contributed by atoms with van der Waals surface area (Å²) in [4.78, 5) is 2.54. The molecule has 3 heterocycles. The molecule has 0 bridgehead atoms. The van der Waals surface area contributed by atoms with E-state index in [4.69, 9.17) is 0 Å². The number of fused-ring (bicyclic) bond motifs is 1. The molecule has 2 aromatic rings. The Morgan fingerprint density at radius 2 is 2.08 bits per heavy atom. The lowest BCUT2D eigenvalue weighted by Gasteiger charge is -2.27. The van der Waals surface area contributed by atoms with Crippen LogP contribution in [-0.2, 0) is 17.1 Å². The Labute approximate surface area is 141 Å². The van der Waals surface area contributed by atoms with Gasteiger partial charge in [0.2, 0.25) is 0 Å². The third-order valence-electron chi connectivity index (χ3n) is 4.72. The molecule has 2 aliphatic rings. The molecule has 126 valence electrons. The summed E-state index contributed by atoms with van der Waals surface area (Å²) in [7, 11) is -1.57. The largest absolute Gasteiger partial charge is 0.353 e. The first-order valence-electron chi connectivity index (χ1n) is 8.10. The molecular weight excluding hydrogens is 324 g/mol. The summed E-state index contributed by atoms with van der Waals surface area (Å²) in [5.41, 5.74) is 1.87. The molecule has 0 spiro atoms. The predicted molar refractivity (Wildman–Crippen MR) is 93.6 cm³/mol. The number of hydrogen-bond acceptors (Lipinski definition) is 4. The molecule has 1 saturated heterocycles. The van der Waals surface area contributed by atoms with Gasteiger partial charge in [-0.15, -0.1) is 4.40 Å². The molecule has 1 aromatic carbocycles. The van der Waals surface area contributed by atoms with Crippen molar-refractivity contribution in [3.63, 3.8) is 0 Å². The Morgan fingerprint density at radius 3 is 2.88 bits per heavy atom. The van der Waals surface area contributed by atoms with Crippen LogP contribution in [0.5, 0.6) is 0 Å². The summed E-state index contributed by atoms with van der Waals surface area (Å²) in [6, 6.07) is 11.4. The summed E-state index contributed by atoms with van der Waals surface area (Å²) in [5.74, 6) is 0.495. The van der Waals surface area contributed by atoms with E-state index in [9.17, 15) is 8.42 Å². The second kappa shape index (κ2) is 5.75. The molecule has 0 saturated carbocycles. The van der Waals surface area contributed by atoms with Crippen LogP contribution in [0.25, 0.3) is 0 Å². The number of aryl methyl sites for hydroxylation is 1. The Bertz CT molecular complexity index is 901. The van der Waals surface area contributed by atoms with Gasteiger partial charge in [-0.25, -0.2) is 0 Å². The van der Waals surface area contributed by atoms with Crippen molar-refractivity contribution in [2.75, 3.05) is 18.4 Å². The fourth-order valence-electron chi connectivity index (χ4n) is 3.60. The summed E-state index contributed by atoms with van der Waals surface area (Å²) in [5, 5.41) is 3.18. The average molecular weight is 344 g/mol. The van der Waals surface area contributed by atoms with E-state index in [1.165, 1.54) is 5.69 Å². The Kier molecular flexibility index (Phi) is 3.69. The molecule has 6 nitrogen and oxygen atoms in total. The van der Waals surface area contributed by atoms with Crippen molar-refractivity contribution < 1.29 is 8.42 Å². The first-order valence-corrected chi connectivity index (χ1v) is 9.54. The smallest absolute Gasteiger partial charge is 0.286 e. The molecule has 1 aromatic heterocycles. The van der Waals surface area contributed by atoms with E-state index in [-0.39, 0.29) is 4.90 Å². The zero-order valence-electron chi connectivity index (χ0n) is 13.5. The zero-order chi connectivity index (χ0) is 16.7. The van der Waals surface area contributed by atoms with Gasteiger partial charge in [-0.2, -0.15) is 8.42 Å². The fraction of sp³-hybridized carbons (Fsp3) is 0.353. The van der Waals surface area contributed by atoms with Gasteiger partial charge < -0.3 is 9.88 Å². The van der Waals surface area contributed by atoms with Crippen LogP contribution in [0.4, 0.5) is 5.69 Å². The van der Waals surface area contributed by atoms with Gasteiger partial charge in [-0.3, -0.25) is 4.90 Å². The van der Waals surface area contributed by atoms with E-state index in [2.05, 4.69) is 25.2 Å². The molecule has 0 amide bonds. The van der Waals surface area contributed by atoms with Crippen LogP contribution in [0.2, 0.25) is 0 Å². The van der Waals surface area contributed by atoms with E-state index in [0.29, 0.717) is 24.1 Å². The van der Waals surface area contributed by atoms with Crippen molar-refractivity contribution in [3.05, 3.63) is 48.3 Å². The van der Waals surface area contributed by atoms with Crippen molar-refractivity contribution >= 4 is 21.5 Å². The number of amidine groups is 1. The lowest BCUT2D eigenvalue weighted by atomic mass is 10.1. The van der Waals surface area contributed by atoms with Gasteiger partial charge in [0.1, 0.15) is 10.7 Å². The maximum Gasteiger partial charge on any atom is 0.286 e. The second-order valence-electron chi connectivity index (χ2n) is 6.31. The van der Waals surface area contributed by atoms with Gasteiger partial charge in [0.05, 0.1) is 18.3 Å². The molecule has 7 heteroatoms. The van der Waals surface area contributed by atoms with Gasteiger partial charge in [0.25, 0.3) is 10.0 Å². The Morgan fingerprint density at radius 1 is 1.25 bits per heavy atom. The van der Waals surface area contributed by atoms with Crippen molar-refractivity contribution in [1.82, 2.24) is 9.47 Å². The summed E-state index contributed by atoms with van der Waals surface area (Å²) in [6.07, 6.45) is 4.23. The van der Waals surface area contributed by atoms with Gasteiger partial charge in [-0.05, 0) is 43.7 Å². The van der Waals surface area contributed by atoms with E-state index in [1.807, 2.05) is 25.4 Å². The fourth-order valence-corrected chi connectivity index (χ4v) is 4.74. The van der Waals surface area contributed by atoms with Crippen molar-refractivity contribution in [3.8, 4) is 0 Å². The summed E-state index contributed by atoms with van der Waals surface area (Å²) >= 11 is 0. The number of rotatable bonds is 3. The predicted octanol–water partition coefficient (Wildman–Crippen LogP) is 2.37. The van der Waals surface area contributed by atoms with Crippen LogP contribution in [0.15, 0.2) is 51.9 Å². The second-order valence-corrected chi connectivity index (χ2v) is 7.88. The van der Waals surface area contributed by atoms with Crippen LogP contribution in [0.3, 0.4) is 0 Å². The molecule has 1 fully saturated rings. The maximum absolute atomic E-state index is 12.4. The highest BCUT2D eigenvalue weighted by Crippen LogP contribution is 2.33. The van der Waals surface area contributed by atoms with Crippen LogP contribution < -0.4 is 5.32 Å². The number of nitrogens with zero attached hydrogens (tertiary/aromatic N) is 3. The van der Waals surface area contributed by atoms with Crippen molar-refractivity contribution in [2.45, 2.75) is 23.8 Å². The average Bonchev–Trinajstić information content (AvgIpc) is 3.15. The van der Waals surface area contributed by atoms with E-state index in [1.54, 1.807) is 18.2 Å². The SMILES string of the molecule is Cn1cccc1[C@H]1CCCN1CC1=NS(=O)(=O)c2ccccc2N1. The van der Waals surface area contributed by atoms with E-state index in [0.717, 1.165) is 19.4 Å². The highest BCUT2D eigenvalue weighted by Gasteiger charge is 2.31. The topological polar surface area (TPSA) is 66.7 Å². The lowest BCUT2D eigenvalue weighted by Crippen LogP contribution is -2.35.